The van der Waals surface area contributed by atoms with Crippen LogP contribution in [0.5, 0.6) is 0 Å². The summed E-state index contributed by atoms with van der Waals surface area (Å²) >= 11 is 0. The zero-order valence-corrected chi connectivity index (χ0v) is 14.3. The van der Waals surface area contributed by atoms with E-state index < -0.39 is 0 Å². The third-order valence-corrected chi connectivity index (χ3v) is 3.54. The van der Waals surface area contributed by atoms with Crippen molar-refractivity contribution in [2.75, 3.05) is 65.7 Å². The second-order valence-corrected chi connectivity index (χ2v) is 5.55. The zero-order valence-electron chi connectivity index (χ0n) is 14.3. The fourth-order valence-electron chi connectivity index (χ4n) is 2.25. The highest BCUT2D eigenvalue weighted by Crippen LogP contribution is 2.02. The first-order valence-electron chi connectivity index (χ1n) is 8.83. The first kappa shape index (κ1) is 21.8. The third-order valence-electron chi connectivity index (χ3n) is 3.54. The average Bonchev–Trinajstić information content (AvgIpc) is 2.53. The van der Waals surface area contributed by atoms with Gasteiger partial charge < -0.3 is 31.6 Å². The van der Waals surface area contributed by atoms with Gasteiger partial charge in [-0.15, -0.1) is 0 Å². The highest BCUT2D eigenvalue weighted by molar-refractivity contribution is 4.59. The molecule has 6 heteroatoms. The summed E-state index contributed by atoms with van der Waals surface area (Å²) in [6.07, 6.45) is 7.10. The first-order chi connectivity index (χ1) is 10.8. The molecule has 0 aromatic heterocycles. The van der Waals surface area contributed by atoms with Crippen molar-refractivity contribution in [1.29, 1.82) is 0 Å². The number of hydrogen-bond donors (Lipinski definition) is 3. The van der Waals surface area contributed by atoms with Gasteiger partial charge in [-0.2, -0.15) is 0 Å². The third kappa shape index (κ3) is 16.1. The predicted octanol–water partition coefficient (Wildman–Crippen LogP) is 0.538. The maximum absolute atomic E-state index is 5.62. The lowest BCUT2D eigenvalue weighted by Gasteiger charge is -2.22. The van der Waals surface area contributed by atoms with Gasteiger partial charge in [0.25, 0.3) is 0 Å². The van der Waals surface area contributed by atoms with E-state index >= 15 is 0 Å². The molecule has 0 fully saturated rings. The van der Waals surface area contributed by atoms with Crippen molar-refractivity contribution in [2.24, 2.45) is 17.2 Å². The van der Waals surface area contributed by atoms with Crippen molar-refractivity contribution in [1.82, 2.24) is 4.90 Å². The molecular weight excluding hydrogens is 280 g/mol. The van der Waals surface area contributed by atoms with Crippen LogP contribution < -0.4 is 17.2 Å². The maximum atomic E-state index is 5.62. The van der Waals surface area contributed by atoms with Crippen LogP contribution in [0.25, 0.3) is 0 Å². The number of rotatable bonds is 18. The molecule has 134 valence electrons. The molecular formula is C16H38N4O2. The Bertz CT molecular complexity index is 197. The molecule has 0 unspecified atom stereocenters. The van der Waals surface area contributed by atoms with Gasteiger partial charge in [-0.1, -0.05) is 12.8 Å². The van der Waals surface area contributed by atoms with Crippen molar-refractivity contribution in [3.8, 4) is 0 Å². The van der Waals surface area contributed by atoms with Gasteiger partial charge in [0.05, 0.1) is 26.4 Å². The van der Waals surface area contributed by atoms with Crippen LogP contribution in [-0.4, -0.2) is 70.6 Å². The number of nitrogens with zero attached hydrogens (tertiary/aromatic N) is 1. The van der Waals surface area contributed by atoms with Crippen molar-refractivity contribution in [3.63, 3.8) is 0 Å². The van der Waals surface area contributed by atoms with Crippen molar-refractivity contribution in [2.45, 2.75) is 38.5 Å². The standard InChI is InChI=1S/C16H38N4O2/c17-7-3-1-5-10-20(11-6-2-4-8-18)12-14-22-16-15-21-13-9-19/h1-19H2. The van der Waals surface area contributed by atoms with Crippen LogP contribution >= 0.6 is 0 Å². The molecule has 0 saturated heterocycles. The minimum absolute atomic E-state index is 0.569. The summed E-state index contributed by atoms with van der Waals surface area (Å²) < 4.78 is 10.9. The molecule has 0 aromatic rings. The van der Waals surface area contributed by atoms with E-state index in [1.165, 1.54) is 25.7 Å². The Labute approximate surface area is 136 Å². The molecule has 0 atom stereocenters. The number of unbranched alkanes of at least 4 members (excludes halogenated alkanes) is 4. The summed E-state index contributed by atoms with van der Waals surface area (Å²) in [5, 5.41) is 0. The zero-order chi connectivity index (χ0) is 16.3. The average molecular weight is 319 g/mol. The van der Waals surface area contributed by atoms with Gasteiger partial charge in [-0.05, 0) is 51.9 Å². The van der Waals surface area contributed by atoms with Gasteiger partial charge in [0.1, 0.15) is 0 Å². The summed E-state index contributed by atoms with van der Waals surface area (Å²) in [6.45, 7) is 8.06. The molecule has 0 aliphatic carbocycles. The van der Waals surface area contributed by atoms with Crippen LogP contribution in [0.4, 0.5) is 0 Å². The maximum Gasteiger partial charge on any atom is 0.0701 e. The Morgan fingerprint density at radius 3 is 1.55 bits per heavy atom. The van der Waals surface area contributed by atoms with E-state index in [-0.39, 0.29) is 0 Å². The molecule has 0 bridgehead atoms. The monoisotopic (exact) mass is 318 g/mol. The van der Waals surface area contributed by atoms with E-state index in [1.54, 1.807) is 0 Å². The Kier molecular flexibility index (Phi) is 18.6. The summed E-state index contributed by atoms with van der Waals surface area (Å²) in [7, 11) is 0. The van der Waals surface area contributed by atoms with E-state index in [1.807, 2.05) is 0 Å². The van der Waals surface area contributed by atoms with Crippen molar-refractivity contribution in [3.05, 3.63) is 0 Å². The van der Waals surface area contributed by atoms with Gasteiger partial charge in [-0.3, -0.25) is 0 Å². The summed E-state index contributed by atoms with van der Waals surface area (Å²) in [5.74, 6) is 0. The lowest BCUT2D eigenvalue weighted by Crippen LogP contribution is -2.30. The van der Waals surface area contributed by atoms with Crippen molar-refractivity contribution >= 4 is 0 Å². The largest absolute Gasteiger partial charge is 0.378 e. The smallest absolute Gasteiger partial charge is 0.0701 e. The topological polar surface area (TPSA) is 99.8 Å². The number of nitrogens with two attached hydrogens (primary N) is 3. The molecule has 0 spiro atoms. The van der Waals surface area contributed by atoms with Crippen LogP contribution in [0.15, 0.2) is 0 Å². The number of ether oxygens (including phenoxy) is 2. The van der Waals surface area contributed by atoms with Crippen LogP contribution in [0.2, 0.25) is 0 Å². The molecule has 6 N–H and O–H groups in total. The Balaban J connectivity index is 3.66. The minimum Gasteiger partial charge on any atom is -0.378 e. The van der Waals surface area contributed by atoms with Crippen LogP contribution in [-0.2, 0) is 9.47 Å². The number of hydrogen-bond acceptors (Lipinski definition) is 6. The Hall–Kier alpha value is -0.240. The van der Waals surface area contributed by atoms with Crippen LogP contribution in [0, 0.1) is 0 Å². The second kappa shape index (κ2) is 18.8. The van der Waals surface area contributed by atoms with E-state index in [0.29, 0.717) is 26.4 Å². The normalized spacial score (nSPS) is 11.5. The first-order valence-corrected chi connectivity index (χ1v) is 8.83. The Morgan fingerprint density at radius 1 is 0.500 bits per heavy atom. The Morgan fingerprint density at radius 2 is 1.05 bits per heavy atom. The highest BCUT2D eigenvalue weighted by atomic mass is 16.5. The predicted molar refractivity (Wildman–Crippen MR) is 92.9 cm³/mol. The van der Waals surface area contributed by atoms with Crippen molar-refractivity contribution < 1.29 is 9.47 Å². The quantitative estimate of drug-likeness (QED) is 0.319. The molecule has 0 aromatic carbocycles. The highest BCUT2D eigenvalue weighted by Gasteiger charge is 2.04. The molecule has 6 nitrogen and oxygen atoms in total. The SMILES string of the molecule is NCCCCCN(CCCCCN)CCOCCOCCN. The molecule has 0 amide bonds. The lowest BCUT2D eigenvalue weighted by atomic mass is 10.2. The van der Waals surface area contributed by atoms with Crippen LogP contribution in [0.3, 0.4) is 0 Å². The van der Waals surface area contributed by atoms with Gasteiger partial charge in [0.15, 0.2) is 0 Å². The van der Waals surface area contributed by atoms with E-state index in [9.17, 15) is 0 Å². The summed E-state index contributed by atoms with van der Waals surface area (Å²) in [4.78, 5) is 2.49. The minimum atomic E-state index is 0.569. The van der Waals surface area contributed by atoms with E-state index in [4.69, 9.17) is 26.7 Å². The molecule has 22 heavy (non-hydrogen) atoms. The van der Waals surface area contributed by atoms with Gasteiger partial charge in [0, 0.05) is 13.1 Å². The fraction of sp³-hybridized carbons (Fsp3) is 1.00. The van der Waals surface area contributed by atoms with Gasteiger partial charge in [0.2, 0.25) is 0 Å². The molecule has 0 heterocycles. The molecule has 0 radical (unpaired) electrons. The van der Waals surface area contributed by atoms with Gasteiger partial charge in [-0.25, -0.2) is 0 Å². The lowest BCUT2D eigenvalue weighted by molar-refractivity contribution is 0.0407. The summed E-state index contributed by atoms with van der Waals surface area (Å²) in [5.41, 5.74) is 16.4. The van der Waals surface area contributed by atoms with Gasteiger partial charge >= 0.3 is 0 Å². The molecule has 0 aliphatic heterocycles. The van der Waals surface area contributed by atoms with E-state index in [2.05, 4.69) is 4.90 Å². The molecule has 0 aliphatic rings. The van der Waals surface area contributed by atoms with E-state index in [0.717, 1.165) is 52.2 Å². The fourth-order valence-corrected chi connectivity index (χ4v) is 2.25. The van der Waals surface area contributed by atoms with Crippen LogP contribution in [0.1, 0.15) is 38.5 Å². The second-order valence-electron chi connectivity index (χ2n) is 5.55. The summed E-state index contributed by atoms with van der Waals surface area (Å²) in [6, 6.07) is 0. The molecule has 0 rings (SSSR count). The molecule has 0 saturated carbocycles.